The third-order valence-corrected chi connectivity index (χ3v) is 5.35. The van der Waals surface area contributed by atoms with Crippen molar-refractivity contribution in [2.24, 2.45) is 0 Å². The van der Waals surface area contributed by atoms with E-state index in [1.807, 2.05) is 6.92 Å². The van der Waals surface area contributed by atoms with Crippen molar-refractivity contribution < 1.29 is 12.8 Å². The van der Waals surface area contributed by atoms with Crippen molar-refractivity contribution in [1.82, 2.24) is 0 Å². The Morgan fingerprint density at radius 3 is 2.50 bits per heavy atom. The molecule has 106 valence electrons. The van der Waals surface area contributed by atoms with Crippen LogP contribution in [0.2, 0.25) is 5.02 Å². The molecule has 0 heterocycles. The van der Waals surface area contributed by atoms with Crippen molar-refractivity contribution in [3.05, 3.63) is 57.3 Å². The summed E-state index contributed by atoms with van der Waals surface area (Å²) in [5.74, 6) is -0.589. The number of sulfonamides is 1. The second-order valence-electron chi connectivity index (χ2n) is 4.14. The highest BCUT2D eigenvalue weighted by Gasteiger charge is 2.18. The molecule has 3 nitrogen and oxygen atoms in total. The van der Waals surface area contributed by atoms with Gasteiger partial charge in [0.05, 0.1) is 5.02 Å². The van der Waals surface area contributed by atoms with Crippen LogP contribution >= 0.6 is 27.5 Å². The molecule has 0 atom stereocenters. The smallest absolute Gasteiger partial charge is 0.263 e. The van der Waals surface area contributed by atoms with Gasteiger partial charge in [-0.25, -0.2) is 12.8 Å². The van der Waals surface area contributed by atoms with E-state index in [-0.39, 0.29) is 9.92 Å². The molecule has 0 unspecified atom stereocenters. The zero-order valence-electron chi connectivity index (χ0n) is 10.3. The molecule has 0 fully saturated rings. The van der Waals surface area contributed by atoms with E-state index in [1.54, 1.807) is 18.2 Å². The number of hydrogen-bond acceptors (Lipinski definition) is 2. The van der Waals surface area contributed by atoms with Crippen molar-refractivity contribution in [3.8, 4) is 0 Å². The van der Waals surface area contributed by atoms with Crippen LogP contribution in [0.25, 0.3) is 0 Å². The van der Waals surface area contributed by atoms with E-state index in [0.717, 1.165) is 28.2 Å². The second-order valence-corrected chi connectivity index (χ2v) is 7.06. The molecule has 0 saturated carbocycles. The lowest BCUT2D eigenvalue weighted by Gasteiger charge is -2.10. The maximum atomic E-state index is 13.0. The van der Waals surface area contributed by atoms with Gasteiger partial charge in [-0.05, 0) is 48.9 Å². The van der Waals surface area contributed by atoms with E-state index in [2.05, 4.69) is 20.7 Å². The first-order valence-electron chi connectivity index (χ1n) is 5.53. The Morgan fingerprint density at radius 2 is 1.90 bits per heavy atom. The molecule has 0 aliphatic heterocycles. The maximum Gasteiger partial charge on any atom is 0.263 e. The lowest BCUT2D eigenvalue weighted by molar-refractivity contribution is 0.600. The van der Waals surface area contributed by atoms with Crippen LogP contribution in [0.5, 0.6) is 0 Å². The highest BCUT2D eigenvalue weighted by atomic mass is 79.9. The van der Waals surface area contributed by atoms with Gasteiger partial charge in [-0.3, -0.25) is 4.72 Å². The summed E-state index contributed by atoms with van der Waals surface area (Å²) in [6, 6.07) is 8.17. The van der Waals surface area contributed by atoms with Crippen LogP contribution in [0, 0.1) is 12.7 Å². The van der Waals surface area contributed by atoms with Gasteiger partial charge < -0.3 is 0 Å². The molecule has 0 spiro atoms. The fourth-order valence-electron chi connectivity index (χ4n) is 1.61. The molecule has 0 radical (unpaired) electrons. The normalized spacial score (nSPS) is 11.4. The van der Waals surface area contributed by atoms with E-state index in [9.17, 15) is 12.8 Å². The molecule has 2 aromatic rings. The predicted molar refractivity (Wildman–Crippen MR) is 81.1 cm³/mol. The van der Waals surface area contributed by atoms with Gasteiger partial charge in [-0.2, -0.15) is 0 Å². The first kappa shape index (κ1) is 15.3. The molecule has 2 rings (SSSR count). The average molecular weight is 379 g/mol. The molecule has 0 saturated heterocycles. The van der Waals surface area contributed by atoms with Crippen molar-refractivity contribution >= 4 is 43.2 Å². The number of benzene rings is 2. The van der Waals surface area contributed by atoms with Gasteiger partial charge >= 0.3 is 0 Å². The topological polar surface area (TPSA) is 46.2 Å². The first-order valence-corrected chi connectivity index (χ1v) is 8.19. The van der Waals surface area contributed by atoms with Crippen LogP contribution in [-0.2, 0) is 10.0 Å². The molecule has 0 aliphatic carbocycles. The Bertz CT molecular complexity index is 765. The lowest BCUT2D eigenvalue weighted by Crippen LogP contribution is -2.13. The molecular weight excluding hydrogens is 369 g/mol. The summed E-state index contributed by atoms with van der Waals surface area (Å²) in [5.41, 5.74) is 1.29. The van der Waals surface area contributed by atoms with Gasteiger partial charge in [-0.15, -0.1) is 0 Å². The standard InChI is InChI=1S/C13H10BrClFNO2S/c1-8-6-10(3-4-11(8)14)17-20(18,19)13-5-2-9(16)7-12(13)15/h2-7,17H,1H3. The summed E-state index contributed by atoms with van der Waals surface area (Å²) in [4.78, 5) is -0.166. The van der Waals surface area contributed by atoms with Crippen LogP contribution in [0.1, 0.15) is 5.56 Å². The number of halogens is 3. The van der Waals surface area contributed by atoms with E-state index < -0.39 is 15.8 Å². The summed E-state index contributed by atoms with van der Waals surface area (Å²) >= 11 is 9.10. The lowest BCUT2D eigenvalue weighted by atomic mass is 10.2. The van der Waals surface area contributed by atoms with Crippen LogP contribution in [0.3, 0.4) is 0 Å². The predicted octanol–water partition coefficient (Wildman–Crippen LogP) is 4.35. The number of hydrogen-bond donors (Lipinski definition) is 1. The molecule has 7 heteroatoms. The fraction of sp³-hybridized carbons (Fsp3) is 0.0769. The van der Waals surface area contributed by atoms with Gasteiger partial charge in [0.2, 0.25) is 0 Å². The number of anilines is 1. The zero-order valence-corrected chi connectivity index (χ0v) is 13.5. The Morgan fingerprint density at radius 1 is 1.20 bits per heavy atom. The number of rotatable bonds is 3. The molecule has 0 bridgehead atoms. The minimum Gasteiger partial charge on any atom is -0.280 e. The highest BCUT2D eigenvalue weighted by molar-refractivity contribution is 9.10. The molecule has 2 aromatic carbocycles. The Hall–Kier alpha value is -1.11. The minimum absolute atomic E-state index is 0.161. The highest BCUT2D eigenvalue weighted by Crippen LogP contribution is 2.26. The van der Waals surface area contributed by atoms with Crippen molar-refractivity contribution in [3.63, 3.8) is 0 Å². The Kier molecular flexibility index (Phi) is 4.36. The third-order valence-electron chi connectivity index (χ3n) is 2.59. The van der Waals surface area contributed by atoms with E-state index in [1.165, 1.54) is 0 Å². The summed E-state index contributed by atoms with van der Waals surface area (Å²) in [7, 11) is -3.85. The molecule has 0 aromatic heterocycles. The Balaban J connectivity index is 2.38. The largest absolute Gasteiger partial charge is 0.280 e. The van der Waals surface area contributed by atoms with Gasteiger partial charge in [0, 0.05) is 10.2 Å². The summed E-state index contributed by atoms with van der Waals surface area (Å²) in [6.07, 6.45) is 0. The van der Waals surface area contributed by atoms with E-state index in [0.29, 0.717) is 5.69 Å². The van der Waals surface area contributed by atoms with Crippen molar-refractivity contribution in [2.45, 2.75) is 11.8 Å². The van der Waals surface area contributed by atoms with Gasteiger partial charge in [0.25, 0.3) is 10.0 Å². The summed E-state index contributed by atoms with van der Waals surface area (Å²) < 4.78 is 40.6. The zero-order chi connectivity index (χ0) is 14.9. The molecular formula is C13H10BrClFNO2S. The summed E-state index contributed by atoms with van der Waals surface area (Å²) in [6.45, 7) is 1.84. The maximum absolute atomic E-state index is 13.0. The summed E-state index contributed by atoms with van der Waals surface area (Å²) in [5, 5.41) is -0.161. The van der Waals surface area contributed by atoms with Crippen LogP contribution < -0.4 is 4.72 Å². The Labute approximate surface area is 130 Å². The van der Waals surface area contributed by atoms with Gasteiger partial charge in [0.15, 0.2) is 0 Å². The second kappa shape index (κ2) is 5.71. The van der Waals surface area contributed by atoms with Gasteiger partial charge in [-0.1, -0.05) is 27.5 Å². The molecule has 0 aliphatic rings. The molecule has 20 heavy (non-hydrogen) atoms. The van der Waals surface area contributed by atoms with E-state index in [4.69, 9.17) is 11.6 Å². The fourth-order valence-corrected chi connectivity index (χ4v) is 3.44. The SMILES string of the molecule is Cc1cc(NS(=O)(=O)c2ccc(F)cc2Cl)ccc1Br. The van der Waals surface area contributed by atoms with Crippen molar-refractivity contribution in [2.75, 3.05) is 4.72 Å². The first-order chi connectivity index (χ1) is 9.29. The monoisotopic (exact) mass is 377 g/mol. The van der Waals surface area contributed by atoms with Crippen LogP contribution in [0.15, 0.2) is 45.8 Å². The van der Waals surface area contributed by atoms with Crippen LogP contribution in [0.4, 0.5) is 10.1 Å². The van der Waals surface area contributed by atoms with Crippen molar-refractivity contribution in [1.29, 1.82) is 0 Å². The molecule has 0 amide bonds. The number of nitrogens with one attached hydrogen (secondary N) is 1. The number of aryl methyl sites for hydroxylation is 1. The quantitative estimate of drug-likeness (QED) is 0.863. The molecule has 1 N–H and O–H groups in total. The van der Waals surface area contributed by atoms with Crippen LogP contribution in [-0.4, -0.2) is 8.42 Å². The third kappa shape index (κ3) is 3.31. The van der Waals surface area contributed by atoms with E-state index >= 15 is 0 Å². The minimum atomic E-state index is -3.85. The average Bonchev–Trinajstić information content (AvgIpc) is 2.33. The van der Waals surface area contributed by atoms with Gasteiger partial charge in [0.1, 0.15) is 10.7 Å².